The molecule has 0 aromatic heterocycles. The molecule has 2 fully saturated rings. The van der Waals surface area contributed by atoms with Gasteiger partial charge in [0, 0.05) is 46.0 Å². The first-order valence-electron chi connectivity index (χ1n) is 18.8. The number of likely N-dealkylation sites (tertiary alicyclic amines) is 1. The van der Waals surface area contributed by atoms with Crippen molar-refractivity contribution in [3.8, 4) is 11.1 Å². The maximum absolute atomic E-state index is 13.3. The molecule has 1 amide bonds. The Kier molecular flexibility index (Phi) is 24.8. The van der Waals surface area contributed by atoms with Crippen molar-refractivity contribution in [1.82, 2.24) is 10.2 Å². The standard InChI is InChI=1S/C30H40N2O4S.C7H16O.C2H6O.C2H6/c1-21-8-6-7-11-25(21)27-18-22(12-13-26(27)29(33)31-28(30(34)35)15-17-37-2)19-32-16-14-24(20-32)36-23-9-4-3-5-10-23;1-4-6-7(3)8-5-2;1-3-2;1-2/h6-8,11-13,18,23-24,28H,3-5,9-10,14-17,19-20H2,1-2H3,(H,31,33)(H,34,35);7H,4-6H2,1-3H3;1-2H3;1-2H3. The van der Waals surface area contributed by atoms with Gasteiger partial charge in [0.25, 0.3) is 5.91 Å². The number of aryl methyl sites for hydroxylation is 1. The van der Waals surface area contributed by atoms with Crippen molar-refractivity contribution in [3.63, 3.8) is 0 Å². The van der Waals surface area contributed by atoms with Crippen LogP contribution in [0.25, 0.3) is 11.1 Å². The molecule has 3 unspecified atom stereocenters. The molecule has 1 saturated carbocycles. The van der Waals surface area contributed by atoms with Gasteiger partial charge in [0.1, 0.15) is 6.04 Å². The number of carboxylic acid groups (broad SMARTS) is 1. The third-order valence-corrected chi connectivity index (χ3v) is 9.34. The Bertz CT molecular complexity index is 1200. The minimum absolute atomic E-state index is 0.304. The predicted molar refractivity (Wildman–Crippen MR) is 210 cm³/mol. The van der Waals surface area contributed by atoms with Crippen LogP contribution in [0.2, 0.25) is 0 Å². The number of carboxylic acids is 1. The molecule has 0 radical (unpaired) electrons. The molecule has 2 N–H and O–H groups in total. The minimum atomic E-state index is -1.00. The van der Waals surface area contributed by atoms with E-state index in [0.717, 1.165) is 54.9 Å². The molecule has 2 aliphatic rings. The zero-order chi connectivity index (χ0) is 37.3. The molecule has 1 heterocycles. The second kappa shape index (κ2) is 27.3. The Morgan fingerprint density at radius 2 is 1.66 bits per heavy atom. The molecule has 8 nitrogen and oxygen atoms in total. The highest BCUT2D eigenvalue weighted by molar-refractivity contribution is 7.98. The van der Waals surface area contributed by atoms with Crippen molar-refractivity contribution < 1.29 is 28.9 Å². The van der Waals surface area contributed by atoms with Crippen molar-refractivity contribution in [2.45, 2.75) is 130 Å². The van der Waals surface area contributed by atoms with Crippen LogP contribution in [-0.4, -0.2) is 92.2 Å². The van der Waals surface area contributed by atoms with E-state index in [1.807, 2.05) is 70.3 Å². The quantitative estimate of drug-likeness (QED) is 0.189. The lowest BCUT2D eigenvalue weighted by atomic mass is 9.93. The molecule has 2 aromatic rings. The average Bonchev–Trinajstić information content (AvgIpc) is 3.55. The van der Waals surface area contributed by atoms with Crippen molar-refractivity contribution in [2.75, 3.05) is 45.9 Å². The first kappa shape index (κ1) is 45.6. The highest BCUT2D eigenvalue weighted by atomic mass is 32.2. The van der Waals surface area contributed by atoms with Gasteiger partial charge in [-0.1, -0.05) is 76.8 Å². The molecule has 1 aliphatic heterocycles. The fraction of sp³-hybridized carbons (Fsp3) is 0.659. The monoisotopic (exact) mass is 716 g/mol. The number of benzene rings is 2. The Morgan fingerprint density at radius 3 is 2.26 bits per heavy atom. The lowest BCUT2D eigenvalue weighted by Crippen LogP contribution is -2.41. The first-order chi connectivity index (χ1) is 24.2. The molecule has 2 aromatic carbocycles. The van der Waals surface area contributed by atoms with Gasteiger partial charge in [-0.15, -0.1) is 0 Å². The van der Waals surface area contributed by atoms with E-state index in [4.69, 9.17) is 9.47 Å². The molecular weight excluding hydrogens is 649 g/mol. The first-order valence-corrected chi connectivity index (χ1v) is 20.2. The number of nitrogens with zero attached hydrogens (tertiary/aromatic N) is 1. The van der Waals surface area contributed by atoms with E-state index in [9.17, 15) is 14.7 Å². The summed E-state index contributed by atoms with van der Waals surface area (Å²) in [6.07, 6.45) is 13.3. The zero-order valence-corrected chi connectivity index (χ0v) is 33.4. The summed E-state index contributed by atoms with van der Waals surface area (Å²) in [5, 5.41) is 12.4. The summed E-state index contributed by atoms with van der Waals surface area (Å²) in [7, 11) is 3.25. The third kappa shape index (κ3) is 17.2. The summed E-state index contributed by atoms with van der Waals surface area (Å²) >= 11 is 1.57. The smallest absolute Gasteiger partial charge is 0.326 e. The zero-order valence-electron chi connectivity index (χ0n) is 32.6. The number of nitrogens with one attached hydrogen (secondary N) is 1. The molecule has 50 heavy (non-hydrogen) atoms. The number of hydrogen-bond acceptors (Lipinski definition) is 7. The van der Waals surface area contributed by atoms with Gasteiger partial charge in [0.05, 0.1) is 18.3 Å². The normalized spacial score (nSPS) is 17.2. The number of methoxy groups -OCH3 is 1. The van der Waals surface area contributed by atoms with Gasteiger partial charge in [-0.25, -0.2) is 4.79 Å². The van der Waals surface area contributed by atoms with Gasteiger partial charge in [-0.2, -0.15) is 11.8 Å². The van der Waals surface area contributed by atoms with E-state index < -0.39 is 12.0 Å². The van der Waals surface area contributed by atoms with Gasteiger partial charge in [0.2, 0.25) is 0 Å². The van der Waals surface area contributed by atoms with Gasteiger partial charge in [-0.05, 0) is 99.3 Å². The Labute approximate surface area is 308 Å². The molecule has 4 rings (SSSR count). The number of ether oxygens (including phenoxy) is 3. The van der Waals surface area contributed by atoms with Crippen molar-refractivity contribution in [1.29, 1.82) is 0 Å². The number of hydrogen-bond donors (Lipinski definition) is 2. The highest BCUT2D eigenvalue weighted by Crippen LogP contribution is 2.30. The minimum Gasteiger partial charge on any atom is -0.480 e. The maximum atomic E-state index is 13.3. The van der Waals surface area contributed by atoms with E-state index >= 15 is 0 Å². The number of amides is 1. The molecule has 0 spiro atoms. The SMILES string of the molecule is CC.CCCC(C)OCC.COC.CSCCC(NC(=O)c1ccc(CN2CCC(OC3CCCCC3)C2)cc1-c1ccccc1C)C(=O)O. The number of rotatable bonds is 15. The fourth-order valence-electron chi connectivity index (χ4n) is 6.27. The molecule has 0 bridgehead atoms. The fourth-order valence-corrected chi connectivity index (χ4v) is 6.74. The molecule has 9 heteroatoms. The predicted octanol–water partition coefficient (Wildman–Crippen LogP) is 9.02. The van der Waals surface area contributed by atoms with Crippen molar-refractivity contribution >= 4 is 23.6 Å². The van der Waals surface area contributed by atoms with Crippen LogP contribution in [0.5, 0.6) is 0 Å². The molecule has 3 atom stereocenters. The summed E-state index contributed by atoms with van der Waals surface area (Å²) in [4.78, 5) is 27.5. The molecule has 284 valence electrons. The van der Waals surface area contributed by atoms with E-state index in [-0.39, 0.29) is 5.91 Å². The van der Waals surface area contributed by atoms with E-state index in [1.54, 1.807) is 26.0 Å². The Balaban J connectivity index is 0.000000827. The molecule has 1 saturated heterocycles. The lowest BCUT2D eigenvalue weighted by Gasteiger charge is -2.25. The second-order valence-corrected chi connectivity index (χ2v) is 13.8. The lowest BCUT2D eigenvalue weighted by molar-refractivity contribution is -0.139. The van der Waals surface area contributed by atoms with Crippen molar-refractivity contribution in [2.24, 2.45) is 0 Å². The van der Waals surface area contributed by atoms with Crippen LogP contribution in [0.1, 0.15) is 114 Å². The molecular formula is C41H68N2O6S. The van der Waals surface area contributed by atoms with Crippen LogP contribution in [-0.2, 0) is 25.5 Å². The van der Waals surface area contributed by atoms with Crippen LogP contribution in [0.15, 0.2) is 42.5 Å². The second-order valence-electron chi connectivity index (χ2n) is 12.8. The van der Waals surface area contributed by atoms with Crippen LogP contribution >= 0.6 is 11.8 Å². The van der Waals surface area contributed by atoms with Gasteiger partial charge >= 0.3 is 5.97 Å². The van der Waals surface area contributed by atoms with Crippen LogP contribution < -0.4 is 5.32 Å². The van der Waals surface area contributed by atoms with Crippen molar-refractivity contribution in [3.05, 3.63) is 59.2 Å². The number of aliphatic carboxylic acids is 1. The Hall–Kier alpha value is -2.43. The van der Waals surface area contributed by atoms with Crippen LogP contribution in [0.3, 0.4) is 0 Å². The van der Waals surface area contributed by atoms with E-state index in [0.29, 0.717) is 36.0 Å². The van der Waals surface area contributed by atoms with Gasteiger partial charge in [-0.3, -0.25) is 9.69 Å². The van der Waals surface area contributed by atoms with Gasteiger partial charge < -0.3 is 24.6 Å². The van der Waals surface area contributed by atoms with E-state index in [1.165, 1.54) is 44.9 Å². The maximum Gasteiger partial charge on any atom is 0.326 e. The third-order valence-electron chi connectivity index (χ3n) is 8.70. The summed E-state index contributed by atoms with van der Waals surface area (Å²) in [6, 6.07) is 13.1. The number of thioether (sulfide) groups is 1. The summed E-state index contributed by atoms with van der Waals surface area (Å²) < 4.78 is 16.0. The van der Waals surface area contributed by atoms with E-state index in [2.05, 4.69) is 34.9 Å². The van der Waals surface area contributed by atoms with Crippen LogP contribution in [0, 0.1) is 6.92 Å². The van der Waals surface area contributed by atoms with Crippen LogP contribution in [0.4, 0.5) is 0 Å². The van der Waals surface area contributed by atoms with Gasteiger partial charge in [0.15, 0.2) is 0 Å². The summed E-state index contributed by atoms with van der Waals surface area (Å²) in [5.41, 5.74) is 4.56. The highest BCUT2D eigenvalue weighted by Gasteiger charge is 2.27. The topological polar surface area (TPSA) is 97.3 Å². The number of carbonyl (C=O) groups excluding carboxylic acids is 1. The summed E-state index contributed by atoms with van der Waals surface area (Å²) in [5.74, 6) is -0.682. The Morgan fingerprint density at radius 1 is 0.980 bits per heavy atom. The molecule has 1 aliphatic carbocycles. The summed E-state index contributed by atoms with van der Waals surface area (Å²) in [6.45, 7) is 16.0. The average molecular weight is 717 g/mol. The largest absolute Gasteiger partial charge is 0.480 e. The number of carbonyl (C=O) groups is 2.